The molecule has 1 N–H and O–H groups in total. The Morgan fingerprint density at radius 1 is 0.639 bits per heavy atom. The number of nitriles is 1. The molecule has 0 aliphatic carbocycles. The molecule has 0 spiro atoms. The number of pyridine rings is 1. The van der Waals surface area contributed by atoms with Crippen molar-refractivity contribution in [1.82, 2.24) is 4.98 Å². The van der Waals surface area contributed by atoms with Gasteiger partial charge in [0.15, 0.2) is 0 Å². The number of thioether (sulfide) groups is 1. The second kappa shape index (κ2) is 10.5. The van der Waals surface area contributed by atoms with Crippen LogP contribution in [0.2, 0.25) is 0 Å². The molecule has 0 atom stereocenters. The Hall–Kier alpha value is -4.33. The number of anilines is 1. The lowest BCUT2D eigenvalue weighted by atomic mass is 9.97. The van der Waals surface area contributed by atoms with Crippen molar-refractivity contribution in [3.8, 4) is 50.2 Å². The van der Waals surface area contributed by atoms with Crippen LogP contribution in [0, 0.1) is 17.6 Å². The quantitative estimate of drug-likeness (QED) is 0.194. The van der Waals surface area contributed by atoms with E-state index in [1.807, 2.05) is 43.4 Å². The molecule has 3 nitrogen and oxygen atoms in total. The number of hydrogen-bond donors (Lipinski definition) is 1. The van der Waals surface area contributed by atoms with Gasteiger partial charge in [0, 0.05) is 28.8 Å². The second-order valence-electron chi connectivity index (χ2n) is 8.62. The zero-order valence-corrected chi connectivity index (χ0v) is 21.0. The molecule has 174 valence electrons. The SMILES string of the molecule is CNc1cccc(-c2cc(-c3ccc(-c4ccc(C)cc4)cc3)cc(-c3cccc(SC#N)c3)n2)c1. The average molecular weight is 484 g/mol. The van der Waals surface area contributed by atoms with E-state index in [9.17, 15) is 0 Å². The van der Waals surface area contributed by atoms with E-state index >= 15 is 0 Å². The van der Waals surface area contributed by atoms with Crippen molar-refractivity contribution in [2.45, 2.75) is 11.8 Å². The van der Waals surface area contributed by atoms with E-state index in [4.69, 9.17) is 10.2 Å². The van der Waals surface area contributed by atoms with E-state index in [2.05, 4.69) is 90.4 Å². The molecule has 0 amide bonds. The summed E-state index contributed by atoms with van der Waals surface area (Å²) in [5.41, 5.74) is 10.7. The van der Waals surface area contributed by atoms with Crippen molar-refractivity contribution < 1.29 is 0 Å². The third-order valence-electron chi connectivity index (χ3n) is 6.17. The highest BCUT2D eigenvalue weighted by molar-refractivity contribution is 8.03. The van der Waals surface area contributed by atoms with Crippen LogP contribution in [-0.4, -0.2) is 12.0 Å². The predicted octanol–water partition coefficient (Wildman–Crippen LogP) is 8.67. The van der Waals surface area contributed by atoms with Crippen LogP contribution < -0.4 is 5.32 Å². The van der Waals surface area contributed by atoms with E-state index in [1.54, 1.807) is 0 Å². The molecule has 0 aliphatic rings. The Morgan fingerprint density at radius 3 is 1.81 bits per heavy atom. The molecule has 36 heavy (non-hydrogen) atoms. The van der Waals surface area contributed by atoms with Gasteiger partial charge < -0.3 is 5.32 Å². The van der Waals surface area contributed by atoms with Gasteiger partial charge in [0.05, 0.1) is 11.4 Å². The molecule has 0 saturated heterocycles. The van der Waals surface area contributed by atoms with Crippen LogP contribution in [0.5, 0.6) is 0 Å². The van der Waals surface area contributed by atoms with Crippen molar-refractivity contribution in [2.24, 2.45) is 0 Å². The van der Waals surface area contributed by atoms with Crippen molar-refractivity contribution >= 4 is 17.4 Å². The zero-order chi connectivity index (χ0) is 24.9. The average Bonchev–Trinajstić information content (AvgIpc) is 2.94. The molecule has 5 rings (SSSR count). The summed E-state index contributed by atoms with van der Waals surface area (Å²) in [5, 5.41) is 14.5. The Labute approximate surface area is 216 Å². The van der Waals surface area contributed by atoms with Gasteiger partial charge in [-0.05, 0) is 77.3 Å². The summed E-state index contributed by atoms with van der Waals surface area (Å²) in [7, 11) is 1.92. The molecule has 4 aromatic carbocycles. The van der Waals surface area contributed by atoms with Crippen LogP contribution in [0.1, 0.15) is 5.56 Å². The normalized spacial score (nSPS) is 10.6. The maximum absolute atomic E-state index is 9.13. The van der Waals surface area contributed by atoms with Crippen LogP contribution in [-0.2, 0) is 0 Å². The van der Waals surface area contributed by atoms with Crippen molar-refractivity contribution in [1.29, 1.82) is 5.26 Å². The van der Waals surface area contributed by atoms with E-state index in [0.717, 1.165) is 56.0 Å². The fourth-order valence-corrected chi connectivity index (χ4v) is 4.64. The summed E-state index contributed by atoms with van der Waals surface area (Å²) in [6.45, 7) is 2.10. The Balaban J connectivity index is 1.60. The van der Waals surface area contributed by atoms with Crippen molar-refractivity contribution in [2.75, 3.05) is 12.4 Å². The lowest BCUT2D eigenvalue weighted by Crippen LogP contribution is -1.93. The highest BCUT2D eigenvalue weighted by Gasteiger charge is 2.11. The van der Waals surface area contributed by atoms with Gasteiger partial charge in [-0.25, -0.2) is 4.98 Å². The number of aryl methyl sites for hydroxylation is 1. The number of thiocyanates is 1. The number of rotatable bonds is 6. The maximum atomic E-state index is 9.13. The van der Waals surface area contributed by atoms with Gasteiger partial charge in [0.1, 0.15) is 5.40 Å². The smallest absolute Gasteiger partial charge is 0.138 e. The van der Waals surface area contributed by atoms with Gasteiger partial charge in [-0.15, -0.1) is 0 Å². The third kappa shape index (κ3) is 5.17. The van der Waals surface area contributed by atoms with Crippen LogP contribution in [0.15, 0.2) is 114 Å². The molecule has 5 aromatic rings. The number of hydrogen-bond acceptors (Lipinski definition) is 4. The second-order valence-corrected chi connectivity index (χ2v) is 9.48. The molecule has 1 heterocycles. The highest BCUT2D eigenvalue weighted by Crippen LogP contribution is 2.33. The first-order chi connectivity index (χ1) is 17.6. The minimum Gasteiger partial charge on any atom is -0.388 e. The molecule has 0 saturated carbocycles. The lowest BCUT2D eigenvalue weighted by molar-refractivity contribution is 1.31. The Bertz CT molecular complexity index is 1550. The number of nitrogens with zero attached hydrogens (tertiary/aromatic N) is 2. The molecule has 1 aromatic heterocycles. The minimum atomic E-state index is 0.875. The number of aromatic nitrogens is 1. The largest absolute Gasteiger partial charge is 0.388 e. The van der Waals surface area contributed by atoms with E-state index in [-0.39, 0.29) is 0 Å². The predicted molar refractivity (Wildman–Crippen MR) is 152 cm³/mol. The summed E-state index contributed by atoms with van der Waals surface area (Å²) < 4.78 is 0. The van der Waals surface area contributed by atoms with Gasteiger partial charge in [-0.1, -0.05) is 78.4 Å². The topological polar surface area (TPSA) is 48.7 Å². The maximum Gasteiger partial charge on any atom is 0.138 e. The molecule has 0 unspecified atom stereocenters. The van der Waals surface area contributed by atoms with Gasteiger partial charge in [-0.2, -0.15) is 5.26 Å². The first-order valence-corrected chi connectivity index (χ1v) is 12.6. The Kier molecular flexibility index (Phi) is 6.84. The van der Waals surface area contributed by atoms with Gasteiger partial charge in [-0.3, -0.25) is 0 Å². The molecule has 0 radical (unpaired) electrons. The van der Waals surface area contributed by atoms with Crippen LogP contribution >= 0.6 is 11.8 Å². The summed E-state index contributed by atoms with van der Waals surface area (Å²) in [6, 6.07) is 37.8. The summed E-state index contributed by atoms with van der Waals surface area (Å²) in [4.78, 5) is 5.94. The molecule has 0 bridgehead atoms. The minimum absolute atomic E-state index is 0.875. The molecular formula is C32H25N3S. The molecular weight excluding hydrogens is 458 g/mol. The fraction of sp³-hybridized carbons (Fsp3) is 0.0625. The molecule has 4 heteroatoms. The van der Waals surface area contributed by atoms with E-state index < -0.39 is 0 Å². The van der Waals surface area contributed by atoms with Crippen molar-refractivity contribution in [3.05, 3.63) is 115 Å². The van der Waals surface area contributed by atoms with Gasteiger partial charge in [0.2, 0.25) is 0 Å². The van der Waals surface area contributed by atoms with Crippen LogP contribution in [0.25, 0.3) is 44.8 Å². The summed E-state index contributed by atoms with van der Waals surface area (Å²) in [6.07, 6.45) is 0. The summed E-state index contributed by atoms with van der Waals surface area (Å²) >= 11 is 1.16. The van der Waals surface area contributed by atoms with Crippen molar-refractivity contribution in [3.63, 3.8) is 0 Å². The summed E-state index contributed by atoms with van der Waals surface area (Å²) in [5.74, 6) is 0. The molecule has 0 fully saturated rings. The van der Waals surface area contributed by atoms with Crippen LogP contribution in [0.4, 0.5) is 5.69 Å². The number of benzene rings is 4. The first kappa shape index (κ1) is 23.4. The van der Waals surface area contributed by atoms with E-state index in [0.29, 0.717) is 0 Å². The third-order valence-corrected chi connectivity index (χ3v) is 6.75. The monoisotopic (exact) mass is 483 g/mol. The standard InChI is InChI=1S/C32H25N3S/c1-22-9-11-23(12-10-22)24-13-15-25(16-14-24)28-19-31(26-5-3-7-29(17-26)34-2)35-32(20-28)27-6-4-8-30(18-27)36-21-33/h3-20,34H,1-2H3. The Morgan fingerprint density at radius 2 is 1.19 bits per heavy atom. The van der Waals surface area contributed by atoms with E-state index in [1.165, 1.54) is 16.7 Å². The van der Waals surface area contributed by atoms with Gasteiger partial charge >= 0.3 is 0 Å². The zero-order valence-electron chi connectivity index (χ0n) is 20.2. The highest BCUT2D eigenvalue weighted by atomic mass is 32.2. The van der Waals surface area contributed by atoms with Gasteiger partial charge in [0.25, 0.3) is 0 Å². The number of nitrogens with one attached hydrogen (secondary N) is 1. The van der Waals surface area contributed by atoms with Crippen LogP contribution in [0.3, 0.4) is 0 Å². The first-order valence-electron chi connectivity index (χ1n) is 11.8. The fourth-order valence-electron chi connectivity index (χ4n) is 4.20. The lowest BCUT2D eigenvalue weighted by Gasteiger charge is -2.12. The molecule has 0 aliphatic heterocycles.